The number of nitrogens with zero attached hydrogens (tertiary/aromatic N) is 3. The van der Waals surface area contributed by atoms with Gasteiger partial charge in [0.1, 0.15) is 0 Å². The Kier molecular flexibility index (Phi) is 3.47. The first-order valence-electron chi connectivity index (χ1n) is 5.45. The number of carbonyl (C=O) groups excluding carboxylic acids is 1. The Morgan fingerprint density at radius 3 is 2.89 bits per heavy atom. The van der Waals surface area contributed by atoms with Crippen LogP contribution in [0.5, 0.6) is 0 Å². The van der Waals surface area contributed by atoms with Crippen LogP contribution in [0.4, 0.5) is 5.69 Å². The van der Waals surface area contributed by atoms with Crippen LogP contribution in [0.3, 0.4) is 0 Å². The maximum absolute atomic E-state index is 11.6. The third-order valence-electron chi connectivity index (χ3n) is 2.15. The Hall–Kier alpha value is -2.50. The zero-order valence-electron chi connectivity index (χ0n) is 10.1. The van der Waals surface area contributed by atoms with Crippen molar-refractivity contribution >= 4 is 11.6 Å². The molecule has 2 N–H and O–H groups in total. The van der Waals surface area contributed by atoms with Crippen molar-refractivity contribution in [2.24, 2.45) is 0 Å². The summed E-state index contributed by atoms with van der Waals surface area (Å²) < 4.78 is 0. The van der Waals surface area contributed by atoms with Gasteiger partial charge >= 0.3 is 0 Å². The summed E-state index contributed by atoms with van der Waals surface area (Å²) in [7, 11) is 0. The summed E-state index contributed by atoms with van der Waals surface area (Å²) >= 11 is 0. The smallest absolute Gasteiger partial charge is 0.248 e. The number of anilines is 1. The van der Waals surface area contributed by atoms with Crippen molar-refractivity contribution in [3.05, 3.63) is 35.9 Å². The zero-order chi connectivity index (χ0) is 13.0. The average Bonchev–Trinajstić information content (AvgIpc) is 2.81. The summed E-state index contributed by atoms with van der Waals surface area (Å²) in [6, 6.07) is 7.27. The third kappa shape index (κ3) is 3.00. The molecule has 6 nitrogen and oxygen atoms in total. The number of benzene rings is 1. The van der Waals surface area contributed by atoms with Gasteiger partial charge in [-0.1, -0.05) is 17.7 Å². The number of H-pyrrole nitrogens is 1. The summed E-state index contributed by atoms with van der Waals surface area (Å²) in [5.41, 5.74) is 2.43. The minimum atomic E-state index is -0.153. The van der Waals surface area contributed by atoms with E-state index in [4.69, 9.17) is 0 Å². The number of hydrogen-bond acceptors (Lipinski definition) is 4. The van der Waals surface area contributed by atoms with Crippen molar-refractivity contribution in [2.45, 2.75) is 13.8 Å². The minimum Gasteiger partial charge on any atom is -0.322 e. The van der Waals surface area contributed by atoms with E-state index in [1.54, 1.807) is 18.2 Å². The van der Waals surface area contributed by atoms with Gasteiger partial charge in [-0.05, 0) is 31.2 Å². The Bertz CT molecular complexity index is 570. The van der Waals surface area contributed by atoms with Gasteiger partial charge in [0.05, 0.1) is 0 Å². The number of tetrazole rings is 1. The number of allylic oxidation sites excluding steroid dienone is 1. The third-order valence-corrected chi connectivity index (χ3v) is 2.15. The Balaban J connectivity index is 2.18. The zero-order valence-corrected chi connectivity index (χ0v) is 10.1. The van der Waals surface area contributed by atoms with Crippen LogP contribution < -0.4 is 5.32 Å². The second-order valence-electron chi connectivity index (χ2n) is 4.03. The van der Waals surface area contributed by atoms with E-state index < -0.39 is 0 Å². The highest BCUT2D eigenvalue weighted by atomic mass is 16.1. The summed E-state index contributed by atoms with van der Waals surface area (Å²) in [5.74, 6) is 0.341. The highest BCUT2D eigenvalue weighted by molar-refractivity contribution is 5.99. The van der Waals surface area contributed by atoms with Gasteiger partial charge in [-0.25, -0.2) is 0 Å². The Morgan fingerprint density at radius 2 is 2.22 bits per heavy atom. The Labute approximate surface area is 104 Å². The standard InChI is InChI=1S/C12H13N5O/c1-8(2)6-11(18)13-10-5-3-4-9(7-10)12-14-16-17-15-12/h3-7H,1-2H3,(H,13,18)(H,14,15,16,17). The largest absolute Gasteiger partial charge is 0.322 e. The first-order chi connectivity index (χ1) is 8.65. The first kappa shape index (κ1) is 12.0. The molecule has 0 aliphatic rings. The summed E-state index contributed by atoms with van der Waals surface area (Å²) in [6.07, 6.45) is 1.54. The summed E-state index contributed by atoms with van der Waals surface area (Å²) in [6.45, 7) is 3.74. The molecule has 1 amide bonds. The van der Waals surface area contributed by atoms with Crippen LogP contribution in [0.25, 0.3) is 11.4 Å². The molecule has 0 unspecified atom stereocenters. The van der Waals surface area contributed by atoms with Crippen LogP contribution in [0.2, 0.25) is 0 Å². The number of rotatable bonds is 3. The van der Waals surface area contributed by atoms with Crippen molar-refractivity contribution in [2.75, 3.05) is 5.32 Å². The molecule has 18 heavy (non-hydrogen) atoms. The van der Waals surface area contributed by atoms with E-state index in [2.05, 4.69) is 25.9 Å². The van der Waals surface area contributed by atoms with E-state index in [1.165, 1.54) is 0 Å². The number of aromatic nitrogens is 4. The lowest BCUT2D eigenvalue weighted by Crippen LogP contribution is -2.08. The van der Waals surface area contributed by atoms with Gasteiger partial charge in [0.2, 0.25) is 11.7 Å². The SMILES string of the molecule is CC(C)=CC(=O)Nc1cccc(-c2nn[nH]n2)c1. The van der Waals surface area contributed by atoms with Crippen LogP contribution in [-0.4, -0.2) is 26.5 Å². The second-order valence-corrected chi connectivity index (χ2v) is 4.03. The fourth-order valence-electron chi connectivity index (χ4n) is 1.46. The van der Waals surface area contributed by atoms with Crippen LogP contribution in [0, 0.1) is 0 Å². The lowest BCUT2D eigenvalue weighted by molar-refractivity contribution is -0.111. The van der Waals surface area contributed by atoms with Crippen LogP contribution in [0.15, 0.2) is 35.9 Å². The van der Waals surface area contributed by atoms with E-state index in [0.29, 0.717) is 11.5 Å². The molecule has 0 spiro atoms. The molecule has 1 aromatic heterocycles. The molecule has 0 radical (unpaired) electrons. The molecule has 0 saturated carbocycles. The van der Waals surface area contributed by atoms with Gasteiger partial charge in [0.15, 0.2) is 0 Å². The lowest BCUT2D eigenvalue weighted by Gasteiger charge is -2.03. The molecule has 0 aliphatic carbocycles. The monoisotopic (exact) mass is 243 g/mol. The molecule has 0 fully saturated rings. The topological polar surface area (TPSA) is 83.6 Å². The molecule has 0 bridgehead atoms. The van der Waals surface area contributed by atoms with Gasteiger partial charge in [0.25, 0.3) is 0 Å². The normalized spacial score (nSPS) is 9.89. The molecule has 0 atom stereocenters. The van der Waals surface area contributed by atoms with Gasteiger partial charge in [0, 0.05) is 17.3 Å². The van der Waals surface area contributed by atoms with E-state index >= 15 is 0 Å². The Morgan fingerprint density at radius 1 is 1.39 bits per heavy atom. The lowest BCUT2D eigenvalue weighted by atomic mass is 10.2. The number of amides is 1. The van der Waals surface area contributed by atoms with Crippen molar-refractivity contribution in [1.82, 2.24) is 20.6 Å². The molecule has 2 rings (SSSR count). The van der Waals surface area contributed by atoms with Crippen LogP contribution >= 0.6 is 0 Å². The molecule has 0 aliphatic heterocycles. The summed E-state index contributed by atoms with van der Waals surface area (Å²) in [4.78, 5) is 11.6. The maximum atomic E-state index is 11.6. The van der Waals surface area contributed by atoms with E-state index in [1.807, 2.05) is 26.0 Å². The molecule has 2 aromatic rings. The maximum Gasteiger partial charge on any atom is 0.248 e. The van der Waals surface area contributed by atoms with Crippen molar-refractivity contribution in [3.8, 4) is 11.4 Å². The van der Waals surface area contributed by atoms with Crippen molar-refractivity contribution in [1.29, 1.82) is 0 Å². The average molecular weight is 243 g/mol. The molecule has 92 valence electrons. The van der Waals surface area contributed by atoms with Crippen LogP contribution in [-0.2, 0) is 4.79 Å². The van der Waals surface area contributed by atoms with E-state index in [-0.39, 0.29) is 5.91 Å². The predicted molar refractivity (Wildman–Crippen MR) is 67.7 cm³/mol. The fraction of sp³-hybridized carbons (Fsp3) is 0.167. The molecular weight excluding hydrogens is 230 g/mol. The number of hydrogen-bond donors (Lipinski definition) is 2. The highest BCUT2D eigenvalue weighted by Gasteiger charge is 2.04. The van der Waals surface area contributed by atoms with E-state index in [0.717, 1.165) is 11.1 Å². The van der Waals surface area contributed by atoms with Crippen molar-refractivity contribution in [3.63, 3.8) is 0 Å². The predicted octanol–water partition coefficient (Wildman–Crippen LogP) is 1.77. The minimum absolute atomic E-state index is 0.153. The molecule has 6 heteroatoms. The molecule has 1 aromatic carbocycles. The number of aromatic amines is 1. The fourth-order valence-corrected chi connectivity index (χ4v) is 1.46. The summed E-state index contributed by atoms with van der Waals surface area (Å²) in [5, 5.41) is 16.4. The van der Waals surface area contributed by atoms with Crippen molar-refractivity contribution < 1.29 is 4.79 Å². The quantitative estimate of drug-likeness (QED) is 0.805. The second kappa shape index (κ2) is 5.22. The molecular formula is C12H13N5O. The highest BCUT2D eigenvalue weighted by Crippen LogP contribution is 2.18. The molecule has 0 saturated heterocycles. The first-order valence-corrected chi connectivity index (χ1v) is 5.45. The number of nitrogens with one attached hydrogen (secondary N) is 2. The van der Waals surface area contributed by atoms with Gasteiger partial charge in [-0.2, -0.15) is 5.21 Å². The van der Waals surface area contributed by atoms with Crippen LogP contribution in [0.1, 0.15) is 13.8 Å². The van der Waals surface area contributed by atoms with Gasteiger partial charge < -0.3 is 5.32 Å². The van der Waals surface area contributed by atoms with Gasteiger partial charge in [-0.15, -0.1) is 10.2 Å². The molecule has 1 heterocycles. The van der Waals surface area contributed by atoms with Gasteiger partial charge in [-0.3, -0.25) is 4.79 Å². The number of carbonyl (C=O) groups is 1. The van der Waals surface area contributed by atoms with E-state index in [9.17, 15) is 4.79 Å².